The van der Waals surface area contributed by atoms with Crippen molar-refractivity contribution in [3.05, 3.63) is 83.2 Å². The van der Waals surface area contributed by atoms with Gasteiger partial charge in [-0.2, -0.15) is 0 Å². The fourth-order valence-electron chi connectivity index (χ4n) is 2.71. The Balaban J connectivity index is 1.98. The number of rotatable bonds is 3. The highest BCUT2D eigenvalue weighted by Gasteiger charge is 2.13. The smallest absolute Gasteiger partial charge is 0.131 e. The molecule has 0 aliphatic rings. The first-order valence-electron chi connectivity index (χ1n) is 7.02. The lowest BCUT2D eigenvalue weighted by Gasteiger charge is -2.14. The van der Waals surface area contributed by atoms with Gasteiger partial charge in [0.1, 0.15) is 5.82 Å². The van der Waals surface area contributed by atoms with Crippen LogP contribution in [-0.4, -0.2) is 0 Å². The molecule has 1 unspecified atom stereocenters. The zero-order chi connectivity index (χ0) is 14.8. The van der Waals surface area contributed by atoms with Crippen molar-refractivity contribution in [3.63, 3.8) is 0 Å². The Morgan fingerprint density at radius 3 is 2.48 bits per heavy atom. The highest BCUT2D eigenvalue weighted by Crippen LogP contribution is 2.33. The van der Waals surface area contributed by atoms with E-state index < -0.39 is 0 Å². The van der Waals surface area contributed by atoms with Crippen molar-refractivity contribution in [2.24, 2.45) is 0 Å². The van der Waals surface area contributed by atoms with Gasteiger partial charge in [0.05, 0.1) is 0 Å². The monoisotopic (exact) mass is 342 g/mol. The zero-order valence-corrected chi connectivity index (χ0v) is 13.4. The third kappa shape index (κ3) is 3.01. The van der Waals surface area contributed by atoms with Crippen LogP contribution in [-0.2, 0) is 6.42 Å². The van der Waals surface area contributed by atoms with Crippen molar-refractivity contribution in [3.8, 4) is 0 Å². The van der Waals surface area contributed by atoms with E-state index in [0.717, 1.165) is 17.4 Å². The minimum atomic E-state index is -0.162. The predicted molar refractivity (Wildman–Crippen MR) is 90.5 cm³/mol. The molecule has 0 spiro atoms. The van der Waals surface area contributed by atoms with Crippen LogP contribution < -0.4 is 0 Å². The maximum absolute atomic E-state index is 13.9. The van der Waals surface area contributed by atoms with Gasteiger partial charge in [-0.3, -0.25) is 0 Å². The number of fused-ring (bicyclic) bond motifs is 1. The molecular formula is C19H16BrF. The van der Waals surface area contributed by atoms with Crippen molar-refractivity contribution >= 4 is 26.7 Å². The van der Waals surface area contributed by atoms with E-state index in [0.29, 0.717) is 5.39 Å². The minimum Gasteiger partial charge on any atom is -0.206 e. The molecule has 0 saturated heterocycles. The second-order valence-corrected chi connectivity index (χ2v) is 6.45. The SMILES string of the molecule is Cc1cccc(CC(Br)c2ccc(F)c3ccccc23)c1. The normalized spacial score (nSPS) is 12.5. The third-order valence-electron chi connectivity index (χ3n) is 3.74. The summed E-state index contributed by atoms with van der Waals surface area (Å²) in [6.07, 6.45) is 0.886. The van der Waals surface area contributed by atoms with Crippen LogP contribution in [0.4, 0.5) is 4.39 Å². The molecule has 106 valence electrons. The van der Waals surface area contributed by atoms with Gasteiger partial charge in [0, 0.05) is 10.2 Å². The number of halogens is 2. The van der Waals surface area contributed by atoms with Crippen molar-refractivity contribution < 1.29 is 4.39 Å². The Bertz CT molecular complexity index is 779. The van der Waals surface area contributed by atoms with E-state index in [1.807, 2.05) is 30.3 Å². The van der Waals surface area contributed by atoms with Crippen molar-refractivity contribution in [2.45, 2.75) is 18.2 Å². The summed E-state index contributed by atoms with van der Waals surface area (Å²) in [5.41, 5.74) is 3.68. The van der Waals surface area contributed by atoms with E-state index in [1.165, 1.54) is 11.1 Å². The summed E-state index contributed by atoms with van der Waals surface area (Å²) < 4.78 is 13.9. The molecule has 0 radical (unpaired) electrons. The van der Waals surface area contributed by atoms with Gasteiger partial charge in [0.15, 0.2) is 0 Å². The molecule has 21 heavy (non-hydrogen) atoms. The van der Waals surface area contributed by atoms with Crippen LogP contribution in [0.3, 0.4) is 0 Å². The third-order valence-corrected chi connectivity index (χ3v) is 4.56. The lowest BCUT2D eigenvalue weighted by Crippen LogP contribution is -1.98. The summed E-state index contributed by atoms with van der Waals surface area (Å²) in [5.74, 6) is -0.162. The van der Waals surface area contributed by atoms with Crippen LogP contribution in [0.25, 0.3) is 10.8 Å². The van der Waals surface area contributed by atoms with E-state index in [1.54, 1.807) is 6.07 Å². The van der Waals surface area contributed by atoms with Crippen LogP contribution >= 0.6 is 15.9 Å². The average Bonchev–Trinajstić information content (AvgIpc) is 2.48. The molecule has 1 atom stereocenters. The molecule has 0 heterocycles. The second kappa shape index (κ2) is 5.98. The Labute approximate surface area is 132 Å². The number of alkyl halides is 1. The Kier molecular flexibility index (Phi) is 4.07. The summed E-state index contributed by atoms with van der Waals surface area (Å²) in [7, 11) is 0. The molecule has 3 rings (SSSR count). The van der Waals surface area contributed by atoms with Crippen molar-refractivity contribution in [1.29, 1.82) is 0 Å². The molecule has 3 aromatic carbocycles. The van der Waals surface area contributed by atoms with E-state index in [-0.39, 0.29) is 10.6 Å². The maximum Gasteiger partial charge on any atom is 0.131 e. The van der Waals surface area contributed by atoms with Crippen molar-refractivity contribution in [2.75, 3.05) is 0 Å². The maximum atomic E-state index is 13.9. The number of benzene rings is 3. The Morgan fingerprint density at radius 2 is 1.71 bits per heavy atom. The number of aryl methyl sites for hydroxylation is 1. The zero-order valence-electron chi connectivity index (χ0n) is 11.8. The first kappa shape index (κ1) is 14.3. The van der Waals surface area contributed by atoms with Crippen LogP contribution in [0.2, 0.25) is 0 Å². The molecule has 0 aliphatic heterocycles. The Morgan fingerprint density at radius 1 is 0.952 bits per heavy atom. The largest absolute Gasteiger partial charge is 0.206 e. The molecule has 0 amide bonds. The van der Waals surface area contributed by atoms with Crippen LogP contribution in [0.5, 0.6) is 0 Å². The fraction of sp³-hybridized carbons (Fsp3) is 0.158. The molecular weight excluding hydrogens is 327 g/mol. The summed E-state index contributed by atoms with van der Waals surface area (Å²) in [6.45, 7) is 2.10. The summed E-state index contributed by atoms with van der Waals surface area (Å²) >= 11 is 3.77. The van der Waals surface area contributed by atoms with Gasteiger partial charge in [0.25, 0.3) is 0 Å². The quantitative estimate of drug-likeness (QED) is 0.514. The van der Waals surface area contributed by atoms with Gasteiger partial charge in [-0.15, -0.1) is 0 Å². The average molecular weight is 343 g/mol. The highest BCUT2D eigenvalue weighted by molar-refractivity contribution is 9.09. The lowest BCUT2D eigenvalue weighted by atomic mass is 9.97. The molecule has 0 saturated carbocycles. The highest BCUT2D eigenvalue weighted by atomic mass is 79.9. The summed E-state index contributed by atoms with van der Waals surface area (Å²) in [5, 5.41) is 1.66. The van der Waals surface area contributed by atoms with Crippen LogP contribution in [0.15, 0.2) is 60.7 Å². The van der Waals surface area contributed by atoms with E-state index >= 15 is 0 Å². The first-order valence-corrected chi connectivity index (χ1v) is 7.93. The van der Waals surface area contributed by atoms with E-state index in [2.05, 4.69) is 47.1 Å². The van der Waals surface area contributed by atoms with Crippen LogP contribution in [0.1, 0.15) is 21.5 Å². The molecule has 2 heteroatoms. The van der Waals surface area contributed by atoms with Gasteiger partial charge in [-0.1, -0.05) is 76.1 Å². The van der Waals surface area contributed by atoms with Crippen molar-refractivity contribution in [1.82, 2.24) is 0 Å². The topological polar surface area (TPSA) is 0 Å². The molecule has 0 aromatic heterocycles. The lowest BCUT2D eigenvalue weighted by molar-refractivity contribution is 0.639. The summed E-state index contributed by atoms with van der Waals surface area (Å²) in [4.78, 5) is 0.171. The standard InChI is InChI=1S/C19H16BrF/c1-13-5-4-6-14(11-13)12-18(20)16-9-10-19(21)17-8-3-2-7-15(16)17/h2-11,18H,12H2,1H3. The van der Waals surface area contributed by atoms with Gasteiger partial charge in [0.2, 0.25) is 0 Å². The first-order chi connectivity index (χ1) is 10.1. The molecule has 0 N–H and O–H groups in total. The summed E-state index contributed by atoms with van der Waals surface area (Å²) in [6, 6.07) is 19.6. The molecule has 0 nitrogen and oxygen atoms in total. The Hall–Kier alpha value is -1.67. The van der Waals surface area contributed by atoms with E-state index in [4.69, 9.17) is 0 Å². The predicted octanol–water partition coefficient (Wildman–Crippen LogP) is 5.97. The number of hydrogen-bond donors (Lipinski definition) is 0. The molecule has 0 bridgehead atoms. The van der Waals surface area contributed by atoms with Gasteiger partial charge >= 0.3 is 0 Å². The molecule has 0 fully saturated rings. The minimum absolute atomic E-state index is 0.162. The van der Waals surface area contributed by atoms with Crippen LogP contribution in [0, 0.1) is 12.7 Å². The fourth-order valence-corrected chi connectivity index (χ4v) is 3.49. The van der Waals surface area contributed by atoms with Gasteiger partial charge in [-0.05, 0) is 35.9 Å². The molecule has 0 aliphatic carbocycles. The number of hydrogen-bond acceptors (Lipinski definition) is 0. The van der Waals surface area contributed by atoms with Gasteiger partial charge < -0.3 is 0 Å². The van der Waals surface area contributed by atoms with Gasteiger partial charge in [-0.25, -0.2) is 4.39 Å². The molecule has 3 aromatic rings. The second-order valence-electron chi connectivity index (χ2n) is 5.34. The van der Waals surface area contributed by atoms with E-state index in [9.17, 15) is 4.39 Å².